The van der Waals surface area contributed by atoms with Crippen LogP contribution >= 0.6 is 11.7 Å². The summed E-state index contributed by atoms with van der Waals surface area (Å²) in [5.41, 5.74) is 0. The van der Waals surface area contributed by atoms with E-state index in [2.05, 4.69) is 27.0 Å². The molecule has 0 spiro atoms. The topological polar surface area (TPSA) is 60.4 Å². The lowest BCUT2D eigenvalue weighted by Gasteiger charge is -1.93. The first-order chi connectivity index (χ1) is 4.42. The summed E-state index contributed by atoms with van der Waals surface area (Å²) in [4.78, 5) is 0. The predicted octanol–water partition coefficient (Wildman–Crippen LogP) is -0.879. The first-order valence-corrected chi connectivity index (χ1v) is 7.04. The Bertz CT molecular complexity index is 240. The first kappa shape index (κ1) is 10.6. The van der Waals surface area contributed by atoms with E-state index >= 15 is 0 Å². The molecule has 8 heteroatoms. The molecule has 0 amide bonds. The maximum absolute atomic E-state index is 10.3. The molecule has 0 aliphatic carbocycles. The van der Waals surface area contributed by atoms with Gasteiger partial charge in [-0.3, -0.25) is 4.18 Å². The average molecular weight is 222 g/mol. The molecular weight excluding hydrogens is 216 g/mol. The smallest absolute Gasteiger partial charge is 0.201 e. The van der Waals surface area contributed by atoms with Crippen LogP contribution in [-0.4, -0.2) is 25.0 Å². The van der Waals surface area contributed by atoms with Gasteiger partial charge in [-0.2, -0.15) is 0 Å². The van der Waals surface area contributed by atoms with Gasteiger partial charge in [-0.1, -0.05) is 0 Å². The van der Waals surface area contributed by atoms with E-state index in [1.54, 1.807) is 0 Å². The summed E-state index contributed by atoms with van der Waals surface area (Å²) in [6.45, 7) is -0.162. The van der Waals surface area contributed by atoms with Gasteiger partial charge >= 0.3 is 0 Å². The van der Waals surface area contributed by atoms with E-state index in [0.29, 0.717) is 0 Å². The normalized spacial score (nSPS) is 14.9. The molecule has 0 heterocycles. The van der Waals surface area contributed by atoms with Gasteiger partial charge in [-0.15, -0.1) is 0 Å². The summed E-state index contributed by atoms with van der Waals surface area (Å²) in [5, 5.41) is 0. The van der Waals surface area contributed by atoms with Gasteiger partial charge in [-0.05, 0) is 11.7 Å². The minimum Gasteiger partial charge on any atom is -0.291 e. The van der Waals surface area contributed by atoms with Crippen LogP contribution in [0.3, 0.4) is 0 Å². The van der Waals surface area contributed by atoms with E-state index in [4.69, 9.17) is 0 Å². The fraction of sp³-hybridized carbons (Fsp3) is 1.00. The third-order valence-electron chi connectivity index (χ3n) is 0.538. The third kappa shape index (κ3) is 8.63. The lowest BCUT2D eigenvalue weighted by Crippen LogP contribution is -2.05. The molecule has 0 aliphatic heterocycles. The highest BCUT2D eigenvalue weighted by molar-refractivity contribution is 8.63. The maximum atomic E-state index is 10.3. The van der Waals surface area contributed by atoms with E-state index in [1.165, 1.54) is 0 Å². The Kier molecular flexibility index (Phi) is 4.78. The van der Waals surface area contributed by atoms with Crippen molar-refractivity contribution in [2.75, 3.05) is 12.4 Å². The molecule has 4 nitrogen and oxygen atoms in total. The molecule has 10 heavy (non-hydrogen) atoms. The van der Waals surface area contributed by atoms with Crippen LogP contribution in [0.5, 0.6) is 0 Å². The second kappa shape index (κ2) is 4.50. The maximum Gasteiger partial charge on any atom is 0.201 e. The van der Waals surface area contributed by atoms with Gasteiger partial charge in [0.05, 0.1) is 12.4 Å². The van der Waals surface area contributed by atoms with Gasteiger partial charge in [0.1, 0.15) is 9.64 Å². The van der Waals surface area contributed by atoms with Crippen molar-refractivity contribution in [2.24, 2.45) is 0 Å². The van der Waals surface area contributed by atoms with Crippen molar-refractivity contribution in [3.05, 3.63) is 0 Å². The van der Waals surface area contributed by atoms with Gasteiger partial charge in [0.15, 0.2) is 0 Å². The molecule has 0 saturated carbocycles. The Morgan fingerprint density at radius 3 is 2.40 bits per heavy atom. The molecule has 0 bridgehead atoms. The highest BCUT2D eigenvalue weighted by atomic mass is 33.1. The fourth-order valence-electron chi connectivity index (χ4n) is 0.217. The summed E-state index contributed by atoms with van der Waals surface area (Å²) >= 11 is 7.35. The molecule has 0 aromatic heterocycles. The number of hydrogen-bond acceptors (Lipinski definition) is 5. The van der Waals surface area contributed by atoms with Gasteiger partial charge in [0.25, 0.3) is 0 Å². The van der Waals surface area contributed by atoms with Crippen LogP contribution in [0.4, 0.5) is 0 Å². The first-order valence-electron chi connectivity index (χ1n) is 2.14. The minimum atomic E-state index is -3.33. The number of rotatable bonds is 4. The number of thiol groups is 2. The van der Waals surface area contributed by atoms with Crippen LogP contribution in [0.25, 0.3) is 0 Å². The van der Waals surface area contributed by atoms with Crippen LogP contribution < -0.4 is 0 Å². The zero-order valence-corrected chi connectivity index (χ0v) is 8.18. The van der Waals surface area contributed by atoms with Crippen LogP contribution in [0, 0.1) is 0 Å². The summed E-state index contributed by atoms with van der Waals surface area (Å²) in [5.74, 6) is -0.270. The standard InChI is InChI=1S/C2H6O4S4/c3-9(7)6-1-2-10(4,5)8/h9H,1-2H2,(H,4,5,8). The SMILES string of the molecule is O=[SH](=S)OCCS(=O)(=O)S. The molecular formula is C2H6O4S4. The van der Waals surface area contributed by atoms with Crippen LogP contribution in [0.2, 0.25) is 0 Å². The van der Waals surface area contributed by atoms with Gasteiger partial charge in [-0.25, -0.2) is 12.6 Å². The average Bonchev–Trinajstić information content (AvgIpc) is 1.59. The molecule has 0 aromatic carbocycles. The summed E-state index contributed by atoms with van der Waals surface area (Å²) in [6.07, 6.45) is 0. The lowest BCUT2D eigenvalue weighted by molar-refractivity contribution is 0.383. The van der Waals surface area contributed by atoms with E-state index < -0.39 is 18.5 Å². The van der Waals surface area contributed by atoms with Crippen LogP contribution in [-0.2, 0) is 33.9 Å². The zero-order chi connectivity index (χ0) is 8.20. The van der Waals surface area contributed by atoms with Crippen molar-refractivity contribution in [2.45, 2.75) is 0 Å². The lowest BCUT2D eigenvalue weighted by atomic mass is 10.9. The third-order valence-corrected chi connectivity index (χ3v) is 2.48. The monoisotopic (exact) mass is 222 g/mol. The molecule has 0 radical (unpaired) electrons. The van der Waals surface area contributed by atoms with Crippen molar-refractivity contribution in [3.63, 3.8) is 0 Å². The Balaban J connectivity index is 3.59. The van der Waals surface area contributed by atoms with Gasteiger partial charge < -0.3 is 0 Å². The molecule has 1 unspecified atom stereocenters. The highest BCUT2D eigenvalue weighted by Gasteiger charge is 2.01. The van der Waals surface area contributed by atoms with E-state index in [9.17, 15) is 12.6 Å². The van der Waals surface area contributed by atoms with Crippen molar-refractivity contribution in [1.29, 1.82) is 0 Å². The largest absolute Gasteiger partial charge is 0.291 e. The second-order valence-electron chi connectivity index (χ2n) is 1.34. The summed E-state index contributed by atoms with van der Waals surface area (Å²) in [6, 6.07) is 0. The molecule has 62 valence electrons. The van der Waals surface area contributed by atoms with Crippen molar-refractivity contribution < 1.29 is 16.8 Å². The highest BCUT2D eigenvalue weighted by Crippen LogP contribution is 1.93. The van der Waals surface area contributed by atoms with Crippen molar-refractivity contribution >= 4 is 41.4 Å². The van der Waals surface area contributed by atoms with Crippen LogP contribution in [0.15, 0.2) is 0 Å². The van der Waals surface area contributed by atoms with Crippen LogP contribution in [0.1, 0.15) is 0 Å². The molecule has 0 fully saturated rings. The van der Waals surface area contributed by atoms with Crippen molar-refractivity contribution in [3.8, 4) is 0 Å². The van der Waals surface area contributed by atoms with Gasteiger partial charge in [0, 0.05) is 11.2 Å². The Hall–Kier alpha value is 0.630. The summed E-state index contributed by atoms with van der Waals surface area (Å²) < 4.78 is 34.9. The van der Waals surface area contributed by atoms with Gasteiger partial charge in [0.2, 0.25) is 8.87 Å². The number of hydrogen-bond donors (Lipinski definition) is 2. The molecule has 0 N–H and O–H groups in total. The molecule has 0 aromatic rings. The Morgan fingerprint density at radius 1 is 1.60 bits per heavy atom. The van der Waals surface area contributed by atoms with E-state index in [-0.39, 0.29) is 12.4 Å². The molecule has 0 saturated heterocycles. The van der Waals surface area contributed by atoms with E-state index in [1.807, 2.05) is 0 Å². The Morgan fingerprint density at radius 2 is 2.10 bits per heavy atom. The molecule has 1 atom stereocenters. The van der Waals surface area contributed by atoms with E-state index in [0.717, 1.165) is 0 Å². The molecule has 0 aliphatic rings. The minimum absolute atomic E-state index is 0.162. The Labute approximate surface area is 70.6 Å². The predicted molar refractivity (Wildman–Crippen MR) is 45.6 cm³/mol. The van der Waals surface area contributed by atoms with Crippen molar-refractivity contribution in [1.82, 2.24) is 0 Å². The summed E-state index contributed by atoms with van der Waals surface area (Å²) in [7, 11) is -5.44. The zero-order valence-electron chi connectivity index (χ0n) is 4.76. The molecule has 0 rings (SSSR count). The quantitative estimate of drug-likeness (QED) is 0.478. The second-order valence-corrected chi connectivity index (χ2v) is 6.18. The fourth-order valence-corrected chi connectivity index (χ4v) is 1.32.